The van der Waals surface area contributed by atoms with Crippen LogP contribution < -0.4 is 0 Å². The smallest absolute Gasteiger partial charge is 0.475 e. The Kier molecular flexibility index (Phi) is 8.38. The molecular weight excluding hydrogens is 435 g/mol. The maximum absolute atomic E-state index is 12.7. The highest BCUT2D eigenvalue weighted by Crippen LogP contribution is 2.28. The van der Waals surface area contributed by atoms with Crippen LogP contribution in [0.2, 0.25) is 0 Å². The van der Waals surface area contributed by atoms with Crippen molar-refractivity contribution in [1.29, 1.82) is 0 Å². The fourth-order valence-electron chi connectivity index (χ4n) is 3.08. The molecule has 0 saturated heterocycles. The van der Waals surface area contributed by atoms with Crippen LogP contribution in [-0.4, -0.2) is 88.4 Å². The van der Waals surface area contributed by atoms with E-state index in [1.165, 1.54) is 0 Å². The molecule has 1 N–H and O–H groups in total. The van der Waals surface area contributed by atoms with Crippen LogP contribution in [0.3, 0.4) is 0 Å². The summed E-state index contributed by atoms with van der Waals surface area (Å²) in [5, 5.41) is 15.5. The molecule has 0 fully saturated rings. The Morgan fingerprint density at radius 1 is 1.34 bits per heavy atom. The quantitative estimate of drug-likeness (QED) is 0.647. The number of aliphatic carboxylic acids is 1. The van der Waals surface area contributed by atoms with Crippen molar-refractivity contribution in [2.45, 2.75) is 25.6 Å². The normalized spacial score (nSPS) is 15.9. The van der Waals surface area contributed by atoms with Gasteiger partial charge in [0.2, 0.25) is 0 Å². The number of hydrogen-bond donors (Lipinski definition) is 1. The van der Waals surface area contributed by atoms with E-state index in [9.17, 15) is 18.0 Å². The number of aromatic nitrogens is 3. The van der Waals surface area contributed by atoms with Crippen molar-refractivity contribution in [1.82, 2.24) is 24.8 Å². The van der Waals surface area contributed by atoms with Gasteiger partial charge in [0.1, 0.15) is 11.5 Å². The molecule has 0 aromatic carbocycles. The average Bonchev–Trinajstić information content (AvgIpc) is 3.30. The first-order chi connectivity index (χ1) is 14.9. The van der Waals surface area contributed by atoms with E-state index in [0.29, 0.717) is 32.1 Å². The van der Waals surface area contributed by atoms with Crippen molar-refractivity contribution in [3.63, 3.8) is 0 Å². The van der Waals surface area contributed by atoms with E-state index in [1.807, 2.05) is 28.1 Å². The van der Waals surface area contributed by atoms with E-state index in [-0.39, 0.29) is 11.8 Å². The number of carbonyl (C=O) groups excluding carboxylic acids is 1. The lowest BCUT2D eigenvalue weighted by atomic mass is 9.98. The van der Waals surface area contributed by atoms with Gasteiger partial charge in [0.05, 0.1) is 25.5 Å². The van der Waals surface area contributed by atoms with Gasteiger partial charge >= 0.3 is 12.1 Å². The zero-order valence-electron chi connectivity index (χ0n) is 18.2. The zero-order chi connectivity index (χ0) is 24.1. The molecule has 1 atom stereocenters. The number of alkyl halides is 3. The highest BCUT2D eigenvalue weighted by atomic mass is 19.4. The van der Waals surface area contributed by atoms with Crippen molar-refractivity contribution in [3.8, 4) is 0 Å². The Bertz CT molecular complexity index is 925. The fraction of sp³-hybridized carbons (Fsp3) is 0.579. The van der Waals surface area contributed by atoms with Crippen molar-refractivity contribution < 1.29 is 37.0 Å². The molecule has 0 aliphatic carbocycles. The predicted octanol–water partition coefficient (Wildman–Crippen LogP) is 1.67. The Hall–Kier alpha value is -2.93. The molecule has 3 rings (SSSR count). The lowest BCUT2D eigenvalue weighted by Gasteiger charge is -2.31. The summed E-state index contributed by atoms with van der Waals surface area (Å²) in [7, 11) is 5.91. The van der Waals surface area contributed by atoms with Crippen LogP contribution in [0.5, 0.6) is 0 Å². The number of furan rings is 1. The first-order valence-electron chi connectivity index (χ1n) is 9.66. The molecule has 32 heavy (non-hydrogen) atoms. The minimum Gasteiger partial charge on any atom is -0.475 e. The maximum Gasteiger partial charge on any atom is 0.490 e. The van der Waals surface area contributed by atoms with Gasteiger partial charge in [-0.1, -0.05) is 5.21 Å². The largest absolute Gasteiger partial charge is 0.490 e. The molecule has 13 heteroatoms. The summed E-state index contributed by atoms with van der Waals surface area (Å²) >= 11 is 0. The van der Waals surface area contributed by atoms with Crippen LogP contribution >= 0.6 is 0 Å². The van der Waals surface area contributed by atoms with Crippen LogP contribution in [0.25, 0.3) is 0 Å². The summed E-state index contributed by atoms with van der Waals surface area (Å²) in [5.74, 6) is -1.75. The standard InChI is InChI=1S/C17H25N5O3.C2HF3O2/c1-12-5-6-15(25-12)17(23)22-9-13(11-24-8-7-20(2)3)16-14(10-22)18-19-21(16)4;3-2(4,5)1(6)7/h5-6,13H,7-11H2,1-4H3;(H,6,7). The fourth-order valence-corrected chi connectivity index (χ4v) is 3.08. The van der Waals surface area contributed by atoms with Crippen LogP contribution in [0.1, 0.15) is 33.6 Å². The van der Waals surface area contributed by atoms with Gasteiger partial charge in [-0.05, 0) is 33.2 Å². The van der Waals surface area contributed by atoms with Crippen molar-refractivity contribution in [2.75, 3.05) is 40.4 Å². The zero-order valence-corrected chi connectivity index (χ0v) is 18.2. The van der Waals surface area contributed by atoms with E-state index in [1.54, 1.807) is 21.7 Å². The first-order valence-corrected chi connectivity index (χ1v) is 9.66. The molecule has 0 spiro atoms. The molecule has 1 amide bonds. The van der Waals surface area contributed by atoms with E-state index >= 15 is 0 Å². The second kappa shape index (κ2) is 10.6. The van der Waals surface area contributed by atoms with Crippen LogP contribution in [0.4, 0.5) is 13.2 Å². The monoisotopic (exact) mass is 461 g/mol. The molecule has 0 radical (unpaired) electrons. The highest BCUT2D eigenvalue weighted by molar-refractivity contribution is 5.91. The summed E-state index contributed by atoms with van der Waals surface area (Å²) in [4.78, 5) is 25.5. The first kappa shape index (κ1) is 25.3. The average molecular weight is 461 g/mol. The molecule has 2 aromatic heterocycles. The highest BCUT2D eigenvalue weighted by Gasteiger charge is 2.38. The lowest BCUT2D eigenvalue weighted by molar-refractivity contribution is -0.192. The van der Waals surface area contributed by atoms with Gasteiger partial charge in [-0.2, -0.15) is 13.2 Å². The third kappa shape index (κ3) is 6.79. The molecule has 178 valence electrons. The summed E-state index contributed by atoms with van der Waals surface area (Å²) in [6, 6.07) is 3.51. The third-order valence-electron chi connectivity index (χ3n) is 4.59. The van der Waals surface area contributed by atoms with E-state index in [4.69, 9.17) is 19.1 Å². The van der Waals surface area contributed by atoms with Gasteiger partial charge in [-0.3, -0.25) is 9.48 Å². The number of carbonyl (C=O) groups is 2. The number of carboxylic acid groups (broad SMARTS) is 1. The SMILES string of the molecule is Cc1ccc(C(=O)N2Cc3nnn(C)c3C(COCCN(C)C)C2)o1.O=C(O)C(F)(F)F. The third-order valence-corrected chi connectivity index (χ3v) is 4.59. The number of halogens is 3. The van der Waals surface area contributed by atoms with Gasteiger partial charge in [0, 0.05) is 26.1 Å². The molecule has 0 bridgehead atoms. The Labute approximate surface area is 182 Å². The lowest BCUT2D eigenvalue weighted by Crippen LogP contribution is -2.40. The number of likely N-dealkylation sites (N-methyl/N-ethyl adjacent to an activating group) is 1. The van der Waals surface area contributed by atoms with Crippen molar-refractivity contribution in [3.05, 3.63) is 35.0 Å². The number of hydrogen-bond acceptors (Lipinski definition) is 7. The van der Waals surface area contributed by atoms with Crippen molar-refractivity contribution >= 4 is 11.9 Å². The Morgan fingerprint density at radius 2 is 2.00 bits per heavy atom. The number of aryl methyl sites for hydroxylation is 2. The molecule has 1 aliphatic rings. The predicted molar refractivity (Wildman–Crippen MR) is 105 cm³/mol. The molecule has 1 unspecified atom stereocenters. The number of ether oxygens (including phenoxy) is 1. The second-order valence-electron chi connectivity index (χ2n) is 7.52. The van der Waals surface area contributed by atoms with E-state index < -0.39 is 12.1 Å². The molecule has 2 aromatic rings. The second-order valence-corrected chi connectivity index (χ2v) is 7.52. The Balaban J connectivity index is 0.000000451. The minimum atomic E-state index is -5.08. The van der Waals surface area contributed by atoms with Crippen LogP contribution in [-0.2, 0) is 23.1 Å². The summed E-state index contributed by atoms with van der Waals surface area (Å²) in [6.07, 6.45) is -5.08. The van der Waals surface area contributed by atoms with Gasteiger partial charge in [-0.15, -0.1) is 5.10 Å². The van der Waals surface area contributed by atoms with Crippen molar-refractivity contribution in [2.24, 2.45) is 7.05 Å². The number of amides is 1. The van der Waals surface area contributed by atoms with Gasteiger partial charge < -0.3 is 24.1 Å². The molecule has 10 nitrogen and oxygen atoms in total. The van der Waals surface area contributed by atoms with E-state index in [0.717, 1.165) is 23.7 Å². The number of nitrogens with zero attached hydrogens (tertiary/aromatic N) is 5. The van der Waals surface area contributed by atoms with Crippen LogP contribution in [0, 0.1) is 6.92 Å². The van der Waals surface area contributed by atoms with Gasteiger partial charge in [0.15, 0.2) is 5.76 Å². The molecular formula is C19H26F3N5O5. The summed E-state index contributed by atoms with van der Waals surface area (Å²) < 4.78 is 44.8. The summed E-state index contributed by atoms with van der Waals surface area (Å²) in [6.45, 7) is 4.87. The van der Waals surface area contributed by atoms with Crippen LogP contribution in [0.15, 0.2) is 16.5 Å². The summed E-state index contributed by atoms with van der Waals surface area (Å²) in [5.41, 5.74) is 1.87. The van der Waals surface area contributed by atoms with E-state index in [2.05, 4.69) is 15.2 Å². The number of rotatable bonds is 6. The topological polar surface area (TPSA) is 114 Å². The maximum atomic E-state index is 12.7. The number of fused-ring (bicyclic) bond motifs is 1. The molecule has 0 saturated carbocycles. The van der Waals surface area contributed by atoms with Gasteiger partial charge in [-0.25, -0.2) is 4.79 Å². The Morgan fingerprint density at radius 3 is 2.53 bits per heavy atom. The minimum absolute atomic E-state index is 0.0471. The van der Waals surface area contributed by atoms with Gasteiger partial charge in [0.25, 0.3) is 5.91 Å². The number of carboxylic acids is 1. The molecule has 1 aliphatic heterocycles. The molecule has 3 heterocycles.